The van der Waals surface area contributed by atoms with Crippen molar-refractivity contribution < 1.29 is 9.90 Å². The topological polar surface area (TPSA) is 99.6 Å². The number of carboxylic acids is 1. The first-order chi connectivity index (χ1) is 7.63. The number of aromatic amines is 1. The number of carboxylic acid groups (broad SMARTS) is 1. The van der Waals surface area contributed by atoms with Crippen LogP contribution >= 0.6 is 0 Å². The highest BCUT2D eigenvalue weighted by Crippen LogP contribution is 2.23. The minimum Gasteiger partial charge on any atom is -0.477 e. The maximum Gasteiger partial charge on any atom is 0.341 e. The number of carbonyl (C=O) groups is 1. The van der Waals surface area contributed by atoms with Crippen molar-refractivity contribution in [2.75, 3.05) is 0 Å². The number of rotatable bonds is 2. The fourth-order valence-electron chi connectivity index (χ4n) is 1.45. The van der Waals surface area contributed by atoms with Crippen molar-refractivity contribution in [2.45, 2.75) is 0 Å². The number of fused-ring (bicyclic) bond motifs is 1. The zero-order chi connectivity index (χ0) is 11.7. The second-order valence-corrected chi connectivity index (χ2v) is 3.15. The standard InChI is InChI=1S/C10H6N2O4/c13-9-6(10(14)15)4-5-7(11-9)2-1-3-8(5)12-16/h1-4H,(H,11,13)(H,14,15). The van der Waals surface area contributed by atoms with Crippen molar-refractivity contribution in [3.05, 3.63) is 45.1 Å². The van der Waals surface area contributed by atoms with E-state index in [1.165, 1.54) is 6.07 Å². The van der Waals surface area contributed by atoms with Crippen LogP contribution in [0.5, 0.6) is 0 Å². The van der Waals surface area contributed by atoms with E-state index in [-0.39, 0.29) is 5.69 Å². The van der Waals surface area contributed by atoms with E-state index in [1.54, 1.807) is 12.1 Å². The maximum atomic E-state index is 11.3. The van der Waals surface area contributed by atoms with Gasteiger partial charge in [0.25, 0.3) is 5.56 Å². The van der Waals surface area contributed by atoms with Gasteiger partial charge in [0.2, 0.25) is 0 Å². The van der Waals surface area contributed by atoms with Gasteiger partial charge in [-0.05, 0) is 23.4 Å². The number of benzene rings is 1. The summed E-state index contributed by atoms with van der Waals surface area (Å²) in [6.07, 6.45) is 0. The zero-order valence-corrected chi connectivity index (χ0v) is 7.93. The molecule has 16 heavy (non-hydrogen) atoms. The highest BCUT2D eigenvalue weighted by Gasteiger charge is 2.11. The highest BCUT2D eigenvalue weighted by molar-refractivity contribution is 5.96. The molecule has 0 amide bonds. The molecule has 1 aromatic carbocycles. The third-order valence-corrected chi connectivity index (χ3v) is 2.19. The average molecular weight is 218 g/mol. The molecule has 2 aromatic rings. The number of hydrogen-bond donors (Lipinski definition) is 2. The van der Waals surface area contributed by atoms with Crippen molar-refractivity contribution in [2.24, 2.45) is 5.18 Å². The maximum absolute atomic E-state index is 11.3. The van der Waals surface area contributed by atoms with Crippen molar-refractivity contribution >= 4 is 22.6 Å². The van der Waals surface area contributed by atoms with Crippen LogP contribution < -0.4 is 5.56 Å². The first-order valence-electron chi connectivity index (χ1n) is 4.36. The highest BCUT2D eigenvalue weighted by atomic mass is 16.4. The first kappa shape index (κ1) is 10.0. The second-order valence-electron chi connectivity index (χ2n) is 3.15. The number of aromatic nitrogens is 1. The van der Waals surface area contributed by atoms with Crippen LogP contribution in [-0.2, 0) is 0 Å². The molecule has 0 unspecified atom stereocenters. The fourth-order valence-corrected chi connectivity index (χ4v) is 1.45. The SMILES string of the molecule is O=Nc1cccc2[nH]c(=O)c(C(=O)O)cc12. The van der Waals surface area contributed by atoms with Crippen LogP contribution in [-0.4, -0.2) is 16.1 Å². The van der Waals surface area contributed by atoms with E-state index in [1.807, 2.05) is 0 Å². The molecule has 2 N–H and O–H groups in total. The lowest BCUT2D eigenvalue weighted by Gasteiger charge is -2.00. The Hall–Kier alpha value is -2.50. The summed E-state index contributed by atoms with van der Waals surface area (Å²) < 4.78 is 0. The van der Waals surface area contributed by atoms with Gasteiger partial charge in [0.05, 0.1) is 5.52 Å². The Kier molecular flexibility index (Phi) is 2.24. The third kappa shape index (κ3) is 1.46. The third-order valence-electron chi connectivity index (χ3n) is 2.19. The Morgan fingerprint density at radius 3 is 2.75 bits per heavy atom. The Bertz CT molecular complexity index is 645. The van der Waals surface area contributed by atoms with Gasteiger partial charge in [-0.15, -0.1) is 4.91 Å². The van der Waals surface area contributed by atoms with E-state index in [0.717, 1.165) is 6.07 Å². The molecule has 0 aliphatic rings. The number of nitroso groups, excluding NO2 is 1. The second kappa shape index (κ2) is 3.58. The number of aromatic carboxylic acids is 1. The summed E-state index contributed by atoms with van der Waals surface area (Å²) in [6.45, 7) is 0. The van der Waals surface area contributed by atoms with Gasteiger partial charge in [-0.1, -0.05) is 6.07 Å². The molecule has 0 aliphatic carbocycles. The quantitative estimate of drug-likeness (QED) is 0.748. The normalized spacial score (nSPS) is 10.2. The number of hydrogen-bond acceptors (Lipinski definition) is 4. The van der Waals surface area contributed by atoms with Crippen LogP contribution in [0.1, 0.15) is 10.4 Å². The lowest BCUT2D eigenvalue weighted by Crippen LogP contribution is -2.16. The van der Waals surface area contributed by atoms with Gasteiger partial charge < -0.3 is 10.1 Å². The molecule has 0 aliphatic heterocycles. The smallest absolute Gasteiger partial charge is 0.341 e. The van der Waals surface area contributed by atoms with Gasteiger partial charge in [-0.25, -0.2) is 4.79 Å². The van der Waals surface area contributed by atoms with Gasteiger partial charge in [0.15, 0.2) is 0 Å². The van der Waals surface area contributed by atoms with Gasteiger partial charge in [-0.3, -0.25) is 4.79 Å². The van der Waals surface area contributed by atoms with E-state index in [9.17, 15) is 14.5 Å². The van der Waals surface area contributed by atoms with Crippen LogP contribution in [0.15, 0.2) is 34.2 Å². The van der Waals surface area contributed by atoms with Crippen molar-refractivity contribution in [1.82, 2.24) is 4.98 Å². The Balaban J connectivity index is 2.91. The van der Waals surface area contributed by atoms with Gasteiger partial charge in [-0.2, -0.15) is 0 Å². The summed E-state index contributed by atoms with van der Waals surface area (Å²) in [5, 5.41) is 11.8. The summed E-state index contributed by atoms with van der Waals surface area (Å²) >= 11 is 0. The molecule has 80 valence electrons. The van der Waals surface area contributed by atoms with Gasteiger partial charge in [0, 0.05) is 5.39 Å². The van der Waals surface area contributed by atoms with Crippen molar-refractivity contribution in [1.29, 1.82) is 0 Å². The molecular weight excluding hydrogens is 212 g/mol. The van der Waals surface area contributed by atoms with E-state index in [0.29, 0.717) is 10.9 Å². The lowest BCUT2D eigenvalue weighted by atomic mass is 10.1. The van der Waals surface area contributed by atoms with E-state index in [2.05, 4.69) is 10.2 Å². The largest absolute Gasteiger partial charge is 0.477 e. The Morgan fingerprint density at radius 2 is 2.12 bits per heavy atom. The molecule has 2 rings (SSSR count). The molecule has 0 fully saturated rings. The van der Waals surface area contributed by atoms with Gasteiger partial charge >= 0.3 is 5.97 Å². The summed E-state index contributed by atoms with van der Waals surface area (Å²) in [5.41, 5.74) is -0.644. The number of pyridine rings is 1. The van der Waals surface area contributed by atoms with Gasteiger partial charge in [0.1, 0.15) is 11.3 Å². The van der Waals surface area contributed by atoms with E-state index in [4.69, 9.17) is 5.11 Å². The summed E-state index contributed by atoms with van der Waals surface area (Å²) in [7, 11) is 0. The number of H-pyrrole nitrogens is 1. The van der Waals surface area contributed by atoms with Crippen LogP contribution in [0, 0.1) is 4.91 Å². The van der Waals surface area contributed by atoms with Crippen LogP contribution in [0.4, 0.5) is 5.69 Å². The average Bonchev–Trinajstić information content (AvgIpc) is 2.26. The molecule has 6 nitrogen and oxygen atoms in total. The molecule has 0 atom stereocenters. The number of nitrogens with zero attached hydrogens (tertiary/aromatic N) is 1. The molecule has 0 spiro atoms. The number of nitrogens with one attached hydrogen (secondary N) is 1. The molecular formula is C10H6N2O4. The predicted octanol–water partition coefficient (Wildman–Crippen LogP) is 1.62. The summed E-state index contributed by atoms with van der Waals surface area (Å²) in [6, 6.07) is 5.71. The molecule has 0 saturated carbocycles. The molecule has 1 aromatic heterocycles. The molecule has 6 heteroatoms. The summed E-state index contributed by atoms with van der Waals surface area (Å²) in [5.74, 6) is -1.34. The van der Waals surface area contributed by atoms with Crippen LogP contribution in [0.3, 0.4) is 0 Å². The zero-order valence-electron chi connectivity index (χ0n) is 7.93. The summed E-state index contributed by atoms with van der Waals surface area (Å²) in [4.78, 5) is 34.9. The monoisotopic (exact) mass is 218 g/mol. The molecule has 0 radical (unpaired) electrons. The Labute approximate surface area is 88.5 Å². The van der Waals surface area contributed by atoms with Crippen LogP contribution in [0.25, 0.3) is 10.9 Å². The molecule has 0 bridgehead atoms. The fraction of sp³-hybridized carbons (Fsp3) is 0. The lowest BCUT2D eigenvalue weighted by molar-refractivity contribution is 0.0695. The van der Waals surface area contributed by atoms with Crippen molar-refractivity contribution in [3.8, 4) is 0 Å². The first-order valence-corrected chi connectivity index (χ1v) is 4.36. The van der Waals surface area contributed by atoms with Crippen molar-refractivity contribution in [3.63, 3.8) is 0 Å². The predicted molar refractivity (Wildman–Crippen MR) is 57.0 cm³/mol. The molecule has 0 saturated heterocycles. The van der Waals surface area contributed by atoms with Crippen LogP contribution in [0.2, 0.25) is 0 Å². The Morgan fingerprint density at radius 1 is 1.38 bits per heavy atom. The minimum absolute atomic E-state index is 0.0938. The van der Waals surface area contributed by atoms with E-state index < -0.39 is 17.1 Å². The minimum atomic E-state index is -1.34. The molecule has 1 heterocycles. The van der Waals surface area contributed by atoms with E-state index >= 15 is 0 Å².